The Morgan fingerprint density at radius 2 is 2.15 bits per heavy atom. The number of hydrogen-bond donors (Lipinski definition) is 1. The van der Waals surface area contributed by atoms with Gasteiger partial charge in [0.15, 0.2) is 5.58 Å². The number of carbonyl (C=O) groups is 2. The molecule has 7 nitrogen and oxygen atoms in total. The van der Waals surface area contributed by atoms with E-state index in [4.69, 9.17) is 16.1 Å². The largest absolute Gasteiger partial charge is 0.356 e. The number of urea groups is 1. The molecule has 1 aromatic carbocycles. The van der Waals surface area contributed by atoms with Gasteiger partial charge in [-0.15, -0.1) is 0 Å². The number of benzene rings is 1. The molecule has 2 fully saturated rings. The monoisotopic (exact) mass is 390 g/mol. The Balaban J connectivity index is 1.45. The Bertz CT molecular complexity index is 864. The van der Waals surface area contributed by atoms with E-state index in [1.807, 2.05) is 9.80 Å². The van der Waals surface area contributed by atoms with Crippen molar-refractivity contribution in [3.63, 3.8) is 0 Å². The normalized spacial score (nSPS) is 19.9. The molecule has 1 saturated heterocycles. The first-order valence-corrected chi connectivity index (χ1v) is 9.76. The van der Waals surface area contributed by atoms with Crippen LogP contribution in [0.25, 0.3) is 11.0 Å². The first kappa shape index (κ1) is 18.1. The highest BCUT2D eigenvalue weighted by molar-refractivity contribution is 6.31. The number of rotatable bonds is 4. The number of halogens is 1. The molecule has 2 heterocycles. The lowest BCUT2D eigenvalue weighted by Crippen LogP contribution is -2.54. The van der Waals surface area contributed by atoms with E-state index < -0.39 is 0 Å². The molecule has 0 radical (unpaired) electrons. The number of nitrogens with zero attached hydrogens (tertiary/aromatic N) is 3. The maximum absolute atomic E-state index is 12.9. The lowest BCUT2D eigenvalue weighted by Gasteiger charge is -2.39. The number of amides is 3. The van der Waals surface area contributed by atoms with Crippen LogP contribution in [0.4, 0.5) is 4.79 Å². The molecule has 8 heteroatoms. The highest BCUT2D eigenvalue weighted by atomic mass is 35.5. The van der Waals surface area contributed by atoms with Crippen LogP contribution >= 0.6 is 11.6 Å². The van der Waals surface area contributed by atoms with Gasteiger partial charge in [-0.1, -0.05) is 16.8 Å². The summed E-state index contributed by atoms with van der Waals surface area (Å²) in [5, 5.41) is 8.44. The molecule has 2 aromatic rings. The highest BCUT2D eigenvalue weighted by Gasteiger charge is 2.39. The number of piperidine rings is 1. The molecule has 0 spiro atoms. The molecule has 1 aliphatic heterocycles. The summed E-state index contributed by atoms with van der Waals surface area (Å²) in [7, 11) is 0. The van der Waals surface area contributed by atoms with Crippen molar-refractivity contribution >= 4 is 34.5 Å². The van der Waals surface area contributed by atoms with Crippen molar-refractivity contribution in [3.8, 4) is 0 Å². The van der Waals surface area contributed by atoms with E-state index in [9.17, 15) is 9.59 Å². The van der Waals surface area contributed by atoms with Gasteiger partial charge in [-0.05, 0) is 43.9 Å². The average molecular weight is 391 g/mol. The Morgan fingerprint density at radius 1 is 1.33 bits per heavy atom. The van der Waals surface area contributed by atoms with Crippen molar-refractivity contribution < 1.29 is 14.1 Å². The third-order valence-corrected chi connectivity index (χ3v) is 5.56. The summed E-state index contributed by atoms with van der Waals surface area (Å²) in [4.78, 5) is 28.4. The quantitative estimate of drug-likeness (QED) is 0.869. The molecule has 1 saturated carbocycles. The summed E-state index contributed by atoms with van der Waals surface area (Å²) in [5.74, 6) is 0.0711. The number of hydrogen-bond acceptors (Lipinski definition) is 4. The molecule has 4 rings (SSSR count). The van der Waals surface area contributed by atoms with E-state index in [1.54, 1.807) is 25.1 Å². The molecule has 144 valence electrons. The lowest BCUT2D eigenvalue weighted by atomic mass is 10.0. The summed E-state index contributed by atoms with van der Waals surface area (Å²) in [6.45, 7) is 3.25. The van der Waals surface area contributed by atoms with Gasteiger partial charge >= 0.3 is 6.03 Å². The second-order valence-electron chi connectivity index (χ2n) is 7.33. The maximum atomic E-state index is 12.9. The second kappa shape index (κ2) is 7.38. The minimum Gasteiger partial charge on any atom is -0.356 e. The Labute approximate surface area is 162 Å². The number of aromatic nitrogens is 1. The number of carbonyl (C=O) groups excluding carboxylic acids is 2. The van der Waals surface area contributed by atoms with E-state index in [1.165, 1.54) is 0 Å². The van der Waals surface area contributed by atoms with Crippen LogP contribution in [-0.4, -0.2) is 52.1 Å². The molecule has 0 unspecified atom stereocenters. The number of fused-ring (bicyclic) bond motifs is 1. The summed E-state index contributed by atoms with van der Waals surface area (Å²) >= 11 is 6.05. The molecule has 0 bridgehead atoms. The first-order valence-electron chi connectivity index (χ1n) is 9.38. The van der Waals surface area contributed by atoms with E-state index >= 15 is 0 Å². The molecule has 1 atom stereocenters. The van der Waals surface area contributed by atoms with Crippen molar-refractivity contribution in [2.75, 3.05) is 13.1 Å². The van der Waals surface area contributed by atoms with Crippen LogP contribution in [0.2, 0.25) is 5.02 Å². The van der Waals surface area contributed by atoms with Crippen LogP contribution in [0.15, 0.2) is 22.7 Å². The molecule has 27 heavy (non-hydrogen) atoms. The van der Waals surface area contributed by atoms with Gasteiger partial charge in [-0.3, -0.25) is 4.79 Å². The third-order valence-electron chi connectivity index (χ3n) is 5.32. The SMILES string of the molecule is CC(=O)N1CCC[C@@H](N(C(=O)NCc2noc3ccc(Cl)cc23)C2CC2)C1. The van der Waals surface area contributed by atoms with Gasteiger partial charge < -0.3 is 19.6 Å². The van der Waals surface area contributed by atoms with Crippen LogP contribution in [0.5, 0.6) is 0 Å². The fourth-order valence-corrected chi connectivity index (χ4v) is 3.96. The van der Waals surface area contributed by atoms with Crippen LogP contribution in [0.3, 0.4) is 0 Å². The van der Waals surface area contributed by atoms with Crippen molar-refractivity contribution in [1.82, 2.24) is 20.3 Å². The van der Waals surface area contributed by atoms with E-state index in [2.05, 4.69) is 10.5 Å². The molecular weight excluding hydrogens is 368 g/mol. The van der Waals surface area contributed by atoms with E-state index in [-0.39, 0.29) is 30.6 Å². The van der Waals surface area contributed by atoms with Crippen LogP contribution in [-0.2, 0) is 11.3 Å². The average Bonchev–Trinajstić information content (AvgIpc) is 3.40. The van der Waals surface area contributed by atoms with Crippen molar-refractivity contribution in [1.29, 1.82) is 0 Å². The van der Waals surface area contributed by atoms with Crippen molar-refractivity contribution in [3.05, 3.63) is 28.9 Å². The maximum Gasteiger partial charge on any atom is 0.318 e. The first-order chi connectivity index (χ1) is 13.0. The van der Waals surface area contributed by atoms with E-state index in [0.717, 1.165) is 37.6 Å². The van der Waals surface area contributed by atoms with Gasteiger partial charge in [-0.2, -0.15) is 0 Å². The summed E-state index contributed by atoms with van der Waals surface area (Å²) in [6.07, 6.45) is 3.89. The predicted molar refractivity (Wildman–Crippen MR) is 101 cm³/mol. The summed E-state index contributed by atoms with van der Waals surface area (Å²) in [6, 6.07) is 5.54. The molecule has 1 N–H and O–H groups in total. The van der Waals surface area contributed by atoms with E-state index in [0.29, 0.717) is 22.8 Å². The molecule has 3 amide bonds. The summed E-state index contributed by atoms with van der Waals surface area (Å²) in [5.41, 5.74) is 1.30. The van der Waals surface area contributed by atoms with Gasteiger partial charge in [0, 0.05) is 36.5 Å². The minimum absolute atomic E-state index is 0.0682. The minimum atomic E-state index is -0.105. The number of nitrogens with one attached hydrogen (secondary N) is 1. The number of likely N-dealkylation sites (tertiary alicyclic amines) is 1. The fourth-order valence-electron chi connectivity index (χ4n) is 3.79. The molecule has 1 aromatic heterocycles. The van der Waals surface area contributed by atoms with Crippen molar-refractivity contribution in [2.45, 2.75) is 51.2 Å². The smallest absolute Gasteiger partial charge is 0.318 e. The van der Waals surface area contributed by atoms with Crippen LogP contribution in [0.1, 0.15) is 38.3 Å². The lowest BCUT2D eigenvalue weighted by molar-refractivity contribution is -0.130. The van der Waals surface area contributed by atoms with Gasteiger partial charge in [0.25, 0.3) is 0 Å². The van der Waals surface area contributed by atoms with Gasteiger partial charge in [0.05, 0.1) is 12.6 Å². The van der Waals surface area contributed by atoms with Crippen LogP contribution in [0, 0.1) is 0 Å². The molecule has 2 aliphatic rings. The van der Waals surface area contributed by atoms with Gasteiger partial charge in [0.2, 0.25) is 5.91 Å². The summed E-state index contributed by atoms with van der Waals surface area (Å²) < 4.78 is 5.30. The second-order valence-corrected chi connectivity index (χ2v) is 7.76. The zero-order chi connectivity index (χ0) is 19.0. The van der Waals surface area contributed by atoms with Crippen LogP contribution < -0.4 is 5.32 Å². The fraction of sp³-hybridized carbons (Fsp3) is 0.526. The molecular formula is C19H23ClN4O3. The predicted octanol–water partition coefficient (Wildman–Crippen LogP) is 3.17. The Hall–Kier alpha value is -2.28. The zero-order valence-electron chi connectivity index (χ0n) is 15.3. The highest BCUT2D eigenvalue weighted by Crippen LogP contribution is 2.31. The standard InChI is InChI=1S/C19H23ClN4O3/c1-12(25)23-8-2-3-15(11-23)24(14-5-6-14)19(26)21-10-17-16-9-13(20)4-7-18(16)27-22-17/h4,7,9,14-15H,2-3,5-6,8,10-11H2,1H3,(H,21,26)/t15-/m1/s1. The third kappa shape index (κ3) is 3.88. The van der Waals surface area contributed by atoms with Gasteiger partial charge in [-0.25, -0.2) is 4.79 Å². The Kier molecular flexibility index (Phi) is 4.95. The zero-order valence-corrected chi connectivity index (χ0v) is 16.0. The Morgan fingerprint density at radius 3 is 2.89 bits per heavy atom. The topological polar surface area (TPSA) is 78.7 Å². The molecule has 1 aliphatic carbocycles. The van der Waals surface area contributed by atoms with Crippen molar-refractivity contribution in [2.24, 2.45) is 0 Å². The van der Waals surface area contributed by atoms with Gasteiger partial charge in [0.1, 0.15) is 5.69 Å².